The van der Waals surface area contributed by atoms with Crippen LogP contribution in [0.25, 0.3) is 0 Å². The van der Waals surface area contributed by atoms with Crippen LogP contribution in [0, 0.1) is 0 Å². The van der Waals surface area contributed by atoms with Crippen molar-refractivity contribution in [2.24, 2.45) is 0 Å². The van der Waals surface area contributed by atoms with Gasteiger partial charge in [-0.3, -0.25) is 0 Å². The van der Waals surface area contributed by atoms with E-state index in [2.05, 4.69) is 0 Å². The Labute approximate surface area is 101 Å². The van der Waals surface area contributed by atoms with Crippen LogP contribution < -0.4 is 0 Å². The molecule has 1 aliphatic heterocycles. The lowest BCUT2D eigenvalue weighted by molar-refractivity contribution is -0.190. The van der Waals surface area contributed by atoms with E-state index >= 15 is 0 Å². The lowest BCUT2D eigenvalue weighted by atomic mass is 9.92. The van der Waals surface area contributed by atoms with Crippen LogP contribution in [0.4, 0.5) is 0 Å². The third-order valence-electron chi connectivity index (χ3n) is 2.50. The summed E-state index contributed by atoms with van der Waals surface area (Å²) in [5.74, 6) is -1.35. The van der Waals surface area contributed by atoms with Gasteiger partial charge in [0.15, 0.2) is 0 Å². The van der Waals surface area contributed by atoms with Crippen LogP contribution in [0.1, 0.15) is 27.2 Å². The normalized spacial score (nSPS) is 18.2. The van der Waals surface area contributed by atoms with Gasteiger partial charge in [-0.1, -0.05) is 11.6 Å². The Morgan fingerprint density at radius 3 is 2.24 bits per heavy atom. The molecule has 0 saturated carbocycles. The molecule has 0 aromatic rings. The van der Waals surface area contributed by atoms with Gasteiger partial charge in [0.1, 0.15) is 0 Å². The lowest BCUT2D eigenvalue weighted by Crippen LogP contribution is -2.52. The smallest absolute Gasteiger partial charge is 0.350 e. The molecule has 17 heavy (non-hydrogen) atoms. The Morgan fingerprint density at radius 2 is 1.82 bits per heavy atom. The van der Waals surface area contributed by atoms with Crippen molar-refractivity contribution >= 4 is 11.9 Å². The SMILES string of the molecule is CCOC(=O)C1(C(=O)OCC)CC(C)=CCO1. The van der Waals surface area contributed by atoms with Crippen LogP contribution in [0.15, 0.2) is 11.6 Å². The lowest BCUT2D eigenvalue weighted by Gasteiger charge is -2.31. The molecule has 0 N–H and O–H groups in total. The van der Waals surface area contributed by atoms with Gasteiger partial charge >= 0.3 is 11.9 Å². The molecule has 96 valence electrons. The summed E-state index contributed by atoms with van der Waals surface area (Å²) in [6.07, 6.45) is 2.02. The van der Waals surface area contributed by atoms with Crippen LogP contribution in [-0.2, 0) is 23.8 Å². The highest BCUT2D eigenvalue weighted by atomic mass is 16.6. The van der Waals surface area contributed by atoms with Gasteiger partial charge in [0.2, 0.25) is 0 Å². The second-order valence-corrected chi connectivity index (χ2v) is 3.81. The zero-order chi connectivity index (χ0) is 12.9. The van der Waals surface area contributed by atoms with Crippen molar-refractivity contribution in [3.63, 3.8) is 0 Å². The third-order valence-corrected chi connectivity index (χ3v) is 2.50. The Balaban J connectivity index is 2.96. The van der Waals surface area contributed by atoms with Gasteiger partial charge in [0.25, 0.3) is 5.60 Å². The van der Waals surface area contributed by atoms with Crippen molar-refractivity contribution in [1.29, 1.82) is 0 Å². The minimum absolute atomic E-state index is 0.185. The summed E-state index contributed by atoms with van der Waals surface area (Å²) >= 11 is 0. The van der Waals surface area contributed by atoms with E-state index in [1.165, 1.54) is 0 Å². The standard InChI is InChI=1S/C12H18O5/c1-4-15-10(13)12(11(14)16-5-2)8-9(3)6-7-17-12/h6H,4-5,7-8H2,1-3H3. The van der Waals surface area contributed by atoms with Crippen LogP contribution in [0.2, 0.25) is 0 Å². The highest BCUT2D eigenvalue weighted by Crippen LogP contribution is 2.28. The summed E-state index contributed by atoms with van der Waals surface area (Å²) in [5.41, 5.74) is -0.706. The number of rotatable bonds is 4. The van der Waals surface area contributed by atoms with Crippen molar-refractivity contribution in [3.05, 3.63) is 11.6 Å². The van der Waals surface area contributed by atoms with Gasteiger partial charge in [0, 0.05) is 6.42 Å². The zero-order valence-electron chi connectivity index (χ0n) is 10.4. The number of carbonyl (C=O) groups is 2. The zero-order valence-corrected chi connectivity index (χ0v) is 10.4. The summed E-state index contributed by atoms with van der Waals surface area (Å²) in [7, 11) is 0. The molecular formula is C12H18O5. The summed E-state index contributed by atoms with van der Waals surface area (Å²) in [4.78, 5) is 23.8. The van der Waals surface area contributed by atoms with E-state index in [4.69, 9.17) is 14.2 Å². The molecule has 0 radical (unpaired) electrons. The maximum absolute atomic E-state index is 11.9. The molecule has 0 amide bonds. The molecule has 1 rings (SSSR count). The number of esters is 2. The number of hydrogen-bond acceptors (Lipinski definition) is 5. The molecule has 0 aromatic carbocycles. The fourth-order valence-corrected chi connectivity index (χ4v) is 1.68. The molecule has 5 nitrogen and oxygen atoms in total. The molecule has 0 saturated heterocycles. The van der Waals surface area contributed by atoms with Crippen LogP contribution in [-0.4, -0.2) is 37.4 Å². The van der Waals surface area contributed by atoms with Crippen molar-refractivity contribution < 1.29 is 23.8 Å². The Hall–Kier alpha value is -1.36. The first-order valence-corrected chi connectivity index (χ1v) is 5.70. The molecule has 0 aliphatic carbocycles. The van der Waals surface area contributed by atoms with Crippen molar-refractivity contribution in [1.82, 2.24) is 0 Å². The summed E-state index contributed by atoms with van der Waals surface area (Å²) in [6.45, 7) is 5.82. The quantitative estimate of drug-likeness (QED) is 0.421. The minimum Gasteiger partial charge on any atom is -0.463 e. The first-order valence-electron chi connectivity index (χ1n) is 5.70. The van der Waals surface area contributed by atoms with Gasteiger partial charge < -0.3 is 14.2 Å². The molecule has 5 heteroatoms. The van der Waals surface area contributed by atoms with Crippen LogP contribution >= 0.6 is 0 Å². The van der Waals surface area contributed by atoms with Crippen molar-refractivity contribution in [2.75, 3.05) is 19.8 Å². The average molecular weight is 242 g/mol. The van der Waals surface area contributed by atoms with Gasteiger partial charge in [-0.25, -0.2) is 9.59 Å². The van der Waals surface area contributed by atoms with E-state index in [1.807, 2.05) is 13.0 Å². The Bertz CT molecular complexity index is 314. The molecular weight excluding hydrogens is 224 g/mol. The number of hydrogen-bond donors (Lipinski definition) is 0. The van der Waals surface area contributed by atoms with E-state index < -0.39 is 17.5 Å². The van der Waals surface area contributed by atoms with E-state index in [0.717, 1.165) is 5.57 Å². The summed E-state index contributed by atoms with van der Waals surface area (Å²) in [5, 5.41) is 0. The second-order valence-electron chi connectivity index (χ2n) is 3.81. The first kappa shape index (κ1) is 13.7. The van der Waals surface area contributed by atoms with Gasteiger partial charge in [0.05, 0.1) is 19.8 Å². The maximum atomic E-state index is 11.9. The molecule has 0 unspecified atom stereocenters. The Kier molecular flexibility index (Phi) is 4.69. The minimum atomic E-state index is -1.62. The van der Waals surface area contributed by atoms with E-state index in [0.29, 0.717) is 0 Å². The highest BCUT2D eigenvalue weighted by Gasteiger charge is 2.51. The summed E-state index contributed by atoms with van der Waals surface area (Å²) in [6, 6.07) is 0. The predicted octanol–water partition coefficient (Wildman–Crippen LogP) is 1.22. The molecule has 0 aromatic heterocycles. The van der Waals surface area contributed by atoms with E-state index in [1.54, 1.807) is 13.8 Å². The monoisotopic (exact) mass is 242 g/mol. The van der Waals surface area contributed by atoms with Crippen molar-refractivity contribution in [2.45, 2.75) is 32.8 Å². The summed E-state index contributed by atoms with van der Waals surface area (Å²) < 4.78 is 15.2. The second kappa shape index (κ2) is 5.82. The predicted molar refractivity (Wildman–Crippen MR) is 60.3 cm³/mol. The van der Waals surface area contributed by atoms with E-state index in [9.17, 15) is 9.59 Å². The van der Waals surface area contributed by atoms with Crippen LogP contribution in [0.5, 0.6) is 0 Å². The van der Waals surface area contributed by atoms with E-state index in [-0.39, 0.29) is 26.2 Å². The molecule has 1 heterocycles. The molecule has 0 atom stereocenters. The molecule has 0 bridgehead atoms. The fourth-order valence-electron chi connectivity index (χ4n) is 1.68. The average Bonchev–Trinajstić information content (AvgIpc) is 2.29. The highest BCUT2D eigenvalue weighted by molar-refractivity contribution is 6.04. The Morgan fingerprint density at radius 1 is 1.29 bits per heavy atom. The maximum Gasteiger partial charge on any atom is 0.350 e. The van der Waals surface area contributed by atoms with Gasteiger partial charge in [-0.2, -0.15) is 0 Å². The largest absolute Gasteiger partial charge is 0.463 e. The topological polar surface area (TPSA) is 61.8 Å². The number of ether oxygens (including phenoxy) is 3. The molecule has 0 fully saturated rings. The fraction of sp³-hybridized carbons (Fsp3) is 0.667. The number of carbonyl (C=O) groups excluding carboxylic acids is 2. The van der Waals surface area contributed by atoms with Gasteiger partial charge in [-0.05, 0) is 20.8 Å². The first-order chi connectivity index (χ1) is 8.06. The third kappa shape index (κ3) is 2.85. The molecule has 1 aliphatic rings. The van der Waals surface area contributed by atoms with Crippen LogP contribution in [0.3, 0.4) is 0 Å². The molecule has 0 spiro atoms. The van der Waals surface area contributed by atoms with Gasteiger partial charge in [-0.15, -0.1) is 0 Å². The van der Waals surface area contributed by atoms with Crippen molar-refractivity contribution in [3.8, 4) is 0 Å².